The highest BCUT2D eigenvalue weighted by Crippen LogP contribution is 2.26. The Bertz CT molecular complexity index is 843. The molecule has 0 saturated carbocycles. The number of aromatic nitrogens is 2. The summed E-state index contributed by atoms with van der Waals surface area (Å²) in [6, 6.07) is 5.96. The van der Waals surface area contributed by atoms with Crippen molar-refractivity contribution in [2.75, 3.05) is 50.9 Å². The summed E-state index contributed by atoms with van der Waals surface area (Å²) in [5, 5.41) is 4.17. The first-order valence-electron chi connectivity index (χ1n) is 9.05. The summed E-state index contributed by atoms with van der Waals surface area (Å²) >= 11 is 0.707. The fourth-order valence-corrected chi connectivity index (χ4v) is 3.27. The van der Waals surface area contributed by atoms with Crippen molar-refractivity contribution >= 4 is 17.9 Å². The third-order valence-corrected chi connectivity index (χ3v) is 4.96. The van der Waals surface area contributed by atoms with E-state index in [1.54, 1.807) is 12.1 Å². The molecule has 1 fully saturated rings. The van der Waals surface area contributed by atoms with Gasteiger partial charge in [0.1, 0.15) is 23.8 Å². The van der Waals surface area contributed by atoms with Crippen LogP contribution in [0.25, 0.3) is 5.69 Å². The molecule has 0 bridgehead atoms. The van der Waals surface area contributed by atoms with Crippen molar-refractivity contribution in [2.45, 2.75) is 6.92 Å². The smallest absolute Gasteiger partial charge is 0.316 e. The van der Waals surface area contributed by atoms with E-state index in [1.807, 2.05) is 16.1 Å². The lowest BCUT2D eigenvalue weighted by Crippen LogP contribution is -2.44. The second kappa shape index (κ2) is 9.87. The van der Waals surface area contributed by atoms with Crippen molar-refractivity contribution in [1.29, 1.82) is 0 Å². The SMILES string of the molecule is CCOCCOc1c(N2CCN(SO)CC2)cnn(-c2ccccc2F)c1=O. The van der Waals surface area contributed by atoms with Crippen LogP contribution in [0.1, 0.15) is 6.92 Å². The lowest BCUT2D eigenvalue weighted by molar-refractivity contribution is 0.109. The van der Waals surface area contributed by atoms with Crippen molar-refractivity contribution in [3.8, 4) is 11.4 Å². The molecule has 1 saturated heterocycles. The van der Waals surface area contributed by atoms with Crippen LogP contribution in [0.5, 0.6) is 5.75 Å². The largest absolute Gasteiger partial charge is 0.484 e. The Hall–Kier alpha value is -2.14. The number of nitrogens with zero attached hydrogens (tertiary/aromatic N) is 4. The fraction of sp³-hybridized carbons (Fsp3) is 0.444. The van der Waals surface area contributed by atoms with Gasteiger partial charge in [0.2, 0.25) is 5.75 Å². The molecule has 0 amide bonds. The standard InChI is InChI=1S/C18H23FN4O4S/c1-2-26-11-12-27-17-16(21-7-9-22(28-25)10-8-21)13-20-23(18(17)24)15-6-4-3-5-14(15)19/h3-6,13,25H,2,7-12H2,1H3. The summed E-state index contributed by atoms with van der Waals surface area (Å²) in [5.41, 5.74) is 0.0879. The third kappa shape index (κ3) is 4.64. The first-order chi connectivity index (χ1) is 13.7. The molecule has 1 N–H and O–H groups in total. The highest BCUT2D eigenvalue weighted by Gasteiger charge is 2.24. The van der Waals surface area contributed by atoms with Gasteiger partial charge in [-0.05, 0) is 19.1 Å². The molecule has 0 atom stereocenters. The van der Waals surface area contributed by atoms with Crippen molar-refractivity contribution in [3.05, 3.63) is 46.6 Å². The molecular formula is C18H23FN4O4S. The first kappa shape index (κ1) is 20.6. The van der Waals surface area contributed by atoms with Gasteiger partial charge in [0, 0.05) is 32.8 Å². The van der Waals surface area contributed by atoms with E-state index in [4.69, 9.17) is 9.47 Å². The molecule has 0 unspecified atom stereocenters. The first-order valence-corrected chi connectivity index (χ1v) is 9.78. The molecule has 0 aliphatic carbocycles. The van der Waals surface area contributed by atoms with Crippen LogP contribution in [0, 0.1) is 5.82 Å². The van der Waals surface area contributed by atoms with Crippen LogP contribution < -0.4 is 15.2 Å². The molecule has 1 aliphatic rings. The molecule has 0 spiro atoms. The van der Waals surface area contributed by atoms with Gasteiger partial charge in [-0.25, -0.2) is 8.70 Å². The molecule has 1 aromatic carbocycles. The average molecular weight is 410 g/mol. The lowest BCUT2D eigenvalue weighted by atomic mass is 10.3. The van der Waals surface area contributed by atoms with Gasteiger partial charge in [-0.3, -0.25) is 4.79 Å². The second-order valence-corrected chi connectivity index (χ2v) is 6.75. The van der Waals surface area contributed by atoms with Gasteiger partial charge in [-0.1, -0.05) is 12.1 Å². The van der Waals surface area contributed by atoms with Crippen LogP contribution >= 0.6 is 12.2 Å². The predicted octanol–water partition coefficient (Wildman–Crippen LogP) is 2.03. The zero-order chi connectivity index (χ0) is 19.9. The predicted molar refractivity (Wildman–Crippen MR) is 106 cm³/mol. The van der Waals surface area contributed by atoms with E-state index in [9.17, 15) is 13.7 Å². The zero-order valence-corrected chi connectivity index (χ0v) is 16.4. The maximum absolute atomic E-state index is 14.2. The summed E-state index contributed by atoms with van der Waals surface area (Å²) in [7, 11) is 0. The number of ether oxygens (including phenoxy) is 2. The highest BCUT2D eigenvalue weighted by atomic mass is 32.2. The lowest BCUT2D eigenvalue weighted by Gasteiger charge is -2.34. The minimum atomic E-state index is -0.543. The number of halogens is 1. The number of benzene rings is 1. The van der Waals surface area contributed by atoms with Crippen LogP contribution in [-0.4, -0.2) is 64.6 Å². The quantitative estimate of drug-likeness (QED) is 0.402. The average Bonchev–Trinajstić information content (AvgIpc) is 2.73. The van der Waals surface area contributed by atoms with Crippen LogP contribution in [0.15, 0.2) is 35.3 Å². The van der Waals surface area contributed by atoms with Gasteiger partial charge in [-0.15, -0.1) is 0 Å². The maximum Gasteiger partial charge on any atom is 0.316 e. The summed E-state index contributed by atoms with van der Waals surface area (Å²) < 4.78 is 37.2. The molecule has 28 heavy (non-hydrogen) atoms. The second-order valence-electron chi connectivity index (χ2n) is 6.07. The van der Waals surface area contributed by atoms with E-state index in [1.165, 1.54) is 18.3 Å². The van der Waals surface area contributed by atoms with E-state index >= 15 is 0 Å². The van der Waals surface area contributed by atoms with Crippen molar-refractivity contribution in [1.82, 2.24) is 14.1 Å². The van der Waals surface area contributed by atoms with Gasteiger partial charge in [0.25, 0.3) is 0 Å². The topological polar surface area (TPSA) is 80.1 Å². The molecule has 1 aromatic heterocycles. The number of para-hydroxylation sites is 1. The normalized spacial score (nSPS) is 15.0. The Labute approximate surface area is 166 Å². The number of anilines is 1. The maximum atomic E-state index is 14.2. The van der Waals surface area contributed by atoms with E-state index in [0.717, 1.165) is 4.68 Å². The molecule has 152 valence electrons. The Balaban J connectivity index is 1.94. The highest BCUT2D eigenvalue weighted by molar-refractivity contribution is 7.91. The van der Waals surface area contributed by atoms with Gasteiger partial charge >= 0.3 is 5.56 Å². The summed E-state index contributed by atoms with van der Waals surface area (Å²) in [6.45, 7) is 5.40. The minimum absolute atomic E-state index is 0.0650. The van der Waals surface area contributed by atoms with E-state index in [2.05, 4.69) is 5.10 Å². The minimum Gasteiger partial charge on any atom is -0.484 e. The number of rotatable bonds is 8. The Morgan fingerprint density at radius 3 is 2.61 bits per heavy atom. The summed E-state index contributed by atoms with van der Waals surface area (Å²) in [6.07, 6.45) is 1.52. The molecule has 0 radical (unpaired) electrons. The molecule has 3 rings (SSSR count). The van der Waals surface area contributed by atoms with E-state index < -0.39 is 11.4 Å². The molecular weight excluding hydrogens is 387 g/mol. The number of hydrogen-bond donors (Lipinski definition) is 1. The van der Waals surface area contributed by atoms with Gasteiger partial charge in [0.05, 0.1) is 25.0 Å². The van der Waals surface area contributed by atoms with Crippen LogP contribution in [0.2, 0.25) is 0 Å². The van der Waals surface area contributed by atoms with Crippen LogP contribution in [-0.2, 0) is 4.74 Å². The van der Waals surface area contributed by atoms with Gasteiger partial charge in [-0.2, -0.15) is 9.78 Å². The molecule has 2 heterocycles. The van der Waals surface area contributed by atoms with Crippen molar-refractivity contribution in [3.63, 3.8) is 0 Å². The van der Waals surface area contributed by atoms with Gasteiger partial charge in [0.15, 0.2) is 0 Å². The Morgan fingerprint density at radius 1 is 1.18 bits per heavy atom. The molecule has 10 heteroatoms. The van der Waals surface area contributed by atoms with Crippen molar-refractivity contribution < 1.29 is 18.4 Å². The Kier molecular flexibility index (Phi) is 7.26. The van der Waals surface area contributed by atoms with Gasteiger partial charge < -0.3 is 18.9 Å². The third-order valence-electron chi connectivity index (χ3n) is 4.37. The molecule has 2 aromatic rings. The fourth-order valence-electron chi connectivity index (χ4n) is 2.94. The van der Waals surface area contributed by atoms with E-state index in [0.29, 0.717) is 57.3 Å². The van der Waals surface area contributed by atoms with Crippen LogP contribution in [0.4, 0.5) is 10.1 Å². The molecule has 8 nitrogen and oxygen atoms in total. The zero-order valence-electron chi connectivity index (χ0n) is 15.6. The van der Waals surface area contributed by atoms with Crippen LogP contribution in [0.3, 0.4) is 0 Å². The van der Waals surface area contributed by atoms with Crippen molar-refractivity contribution in [2.24, 2.45) is 0 Å². The van der Waals surface area contributed by atoms with E-state index in [-0.39, 0.29) is 18.0 Å². The summed E-state index contributed by atoms with van der Waals surface area (Å²) in [4.78, 5) is 15.0. The number of piperazine rings is 1. The monoisotopic (exact) mass is 410 g/mol. The molecule has 1 aliphatic heterocycles. The Morgan fingerprint density at radius 2 is 1.93 bits per heavy atom. The summed E-state index contributed by atoms with van der Waals surface area (Å²) in [5.74, 6) is -0.429. The number of hydrogen-bond acceptors (Lipinski definition) is 8.